The van der Waals surface area contributed by atoms with Crippen LogP contribution in [0.3, 0.4) is 0 Å². The first-order valence-electron chi connectivity index (χ1n) is 6.26. The van der Waals surface area contributed by atoms with Gasteiger partial charge in [-0.15, -0.1) is 0 Å². The van der Waals surface area contributed by atoms with Gasteiger partial charge in [0.1, 0.15) is 0 Å². The van der Waals surface area contributed by atoms with Gasteiger partial charge in [-0.3, -0.25) is 10.1 Å². The van der Waals surface area contributed by atoms with Crippen LogP contribution in [0.2, 0.25) is 0 Å². The second-order valence-corrected chi connectivity index (χ2v) is 5.24. The fourth-order valence-corrected chi connectivity index (χ4v) is 2.05. The summed E-state index contributed by atoms with van der Waals surface area (Å²) in [6.07, 6.45) is 1.80. The van der Waals surface area contributed by atoms with E-state index in [9.17, 15) is 20.0 Å². The maximum Gasteiger partial charge on any atom is 0.336 e. The highest BCUT2D eigenvalue weighted by atomic mass is 16.6. The third-order valence-corrected chi connectivity index (χ3v) is 3.77. The molecule has 0 atom stereocenters. The lowest BCUT2D eigenvalue weighted by Crippen LogP contribution is -2.20. The number of hydrogen-bond donors (Lipinski definition) is 3. The number of nitro groups is 1. The van der Waals surface area contributed by atoms with Gasteiger partial charge < -0.3 is 15.5 Å². The summed E-state index contributed by atoms with van der Waals surface area (Å²) in [5, 5.41) is 32.2. The lowest BCUT2D eigenvalue weighted by atomic mass is 10.1. The molecule has 108 valence electrons. The van der Waals surface area contributed by atoms with Crippen LogP contribution < -0.4 is 5.32 Å². The van der Waals surface area contributed by atoms with Crippen molar-refractivity contribution in [3.8, 4) is 0 Å². The van der Waals surface area contributed by atoms with Crippen LogP contribution >= 0.6 is 0 Å². The minimum absolute atomic E-state index is 0.0553. The van der Waals surface area contributed by atoms with Gasteiger partial charge >= 0.3 is 5.97 Å². The van der Waals surface area contributed by atoms with Crippen LogP contribution in [0.15, 0.2) is 12.1 Å². The normalized spacial score (nSPS) is 15.7. The molecule has 0 amide bonds. The molecule has 0 aromatic heterocycles. The van der Waals surface area contributed by atoms with Gasteiger partial charge in [0.2, 0.25) is 0 Å². The third kappa shape index (κ3) is 2.72. The van der Waals surface area contributed by atoms with Crippen LogP contribution in [-0.4, -0.2) is 34.3 Å². The standard InChI is InChI=1S/C13H16N2O5/c1-8-10(14-6-13(7-16)2-3-13)4-9(12(17)18)5-11(8)15(19)20/h4-5,14,16H,2-3,6-7H2,1H3,(H,17,18). The van der Waals surface area contributed by atoms with E-state index in [0.29, 0.717) is 17.8 Å². The number of carbonyl (C=O) groups is 1. The molecule has 0 bridgehead atoms. The molecule has 1 saturated carbocycles. The fraction of sp³-hybridized carbons (Fsp3) is 0.462. The van der Waals surface area contributed by atoms with Crippen LogP contribution in [0.1, 0.15) is 28.8 Å². The Morgan fingerprint density at radius 2 is 2.15 bits per heavy atom. The number of hydrogen-bond acceptors (Lipinski definition) is 5. The smallest absolute Gasteiger partial charge is 0.336 e. The zero-order valence-electron chi connectivity index (χ0n) is 11.0. The van der Waals surface area contributed by atoms with E-state index in [4.69, 9.17) is 5.11 Å². The Kier molecular flexibility index (Phi) is 3.63. The Morgan fingerprint density at radius 1 is 1.50 bits per heavy atom. The average Bonchev–Trinajstić information content (AvgIpc) is 3.17. The van der Waals surface area contributed by atoms with E-state index in [1.807, 2.05) is 0 Å². The Labute approximate surface area is 115 Å². The van der Waals surface area contributed by atoms with Crippen molar-refractivity contribution in [2.75, 3.05) is 18.5 Å². The number of nitrogens with one attached hydrogen (secondary N) is 1. The van der Waals surface area contributed by atoms with Gasteiger partial charge in [0, 0.05) is 29.3 Å². The zero-order valence-corrected chi connectivity index (χ0v) is 11.0. The van der Waals surface area contributed by atoms with Crippen molar-refractivity contribution < 1.29 is 19.9 Å². The molecule has 3 N–H and O–H groups in total. The topological polar surface area (TPSA) is 113 Å². The van der Waals surface area contributed by atoms with Crippen molar-refractivity contribution in [1.82, 2.24) is 0 Å². The molecular formula is C13H16N2O5. The average molecular weight is 280 g/mol. The van der Waals surface area contributed by atoms with Gasteiger partial charge in [0.25, 0.3) is 5.69 Å². The molecule has 0 unspecified atom stereocenters. The van der Waals surface area contributed by atoms with Crippen LogP contribution in [0.4, 0.5) is 11.4 Å². The largest absolute Gasteiger partial charge is 0.478 e. The van der Waals surface area contributed by atoms with Crippen molar-refractivity contribution in [2.24, 2.45) is 5.41 Å². The molecule has 1 fully saturated rings. The summed E-state index contributed by atoms with van der Waals surface area (Å²) in [5.74, 6) is -1.21. The van der Waals surface area contributed by atoms with E-state index in [-0.39, 0.29) is 23.3 Å². The van der Waals surface area contributed by atoms with E-state index in [2.05, 4.69) is 5.32 Å². The molecule has 1 aromatic carbocycles. The lowest BCUT2D eigenvalue weighted by molar-refractivity contribution is -0.385. The first-order valence-corrected chi connectivity index (χ1v) is 6.26. The fourth-order valence-electron chi connectivity index (χ4n) is 2.05. The molecule has 7 heteroatoms. The predicted molar refractivity (Wildman–Crippen MR) is 72.0 cm³/mol. The van der Waals surface area contributed by atoms with Crippen LogP contribution in [-0.2, 0) is 0 Å². The van der Waals surface area contributed by atoms with Crippen LogP contribution in [0.5, 0.6) is 0 Å². The van der Waals surface area contributed by atoms with E-state index < -0.39 is 10.9 Å². The van der Waals surface area contributed by atoms with Gasteiger partial charge in [0.05, 0.1) is 17.1 Å². The molecule has 1 aliphatic rings. The molecule has 20 heavy (non-hydrogen) atoms. The first kappa shape index (κ1) is 14.3. The summed E-state index contributed by atoms with van der Waals surface area (Å²) >= 11 is 0. The van der Waals surface area contributed by atoms with Crippen molar-refractivity contribution in [3.05, 3.63) is 33.4 Å². The Balaban J connectivity index is 2.30. The highest BCUT2D eigenvalue weighted by molar-refractivity contribution is 5.90. The number of carboxylic acid groups (broad SMARTS) is 1. The summed E-state index contributed by atoms with van der Waals surface area (Å²) in [5.41, 5.74) is 0.311. The maximum absolute atomic E-state index is 11.0. The van der Waals surface area contributed by atoms with Crippen molar-refractivity contribution >= 4 is 17.3 Å². The molecule has 0 radical (unpaired) electrons. The number of nitro benzene ring substituents is 1. The molecule has 0 aliphatic heterocycles. The number of aromatic carboxylic acids is 1. The van der Waals surface area contributed by atoms with E-state index >= 15 is 0 Å². The molecule has 0 heterocycles. The molecule has 2 rings (SSSR count). The summed E-state index contributed by atoms with van der Waals surface area (Å²) in [6, 6.07) is 2.44. The monoisotopic (exact) mass is 280 g/mol. The Bertz CT molecular complexity index is 566. The number of anilines is 1. The number of benzene rings is 1. The second kappa shape index (κ2) is 5.09. The minimum atomic E-state index is -1.21. The number of nitrogens with zero attached hydrogens (tertiary/aromatic N) is 1. The molecular weight excluding hydrogens is 264 g/mol. The molecule has 0 spiro atoms. The van der Waals surface area contributed by atoms with Gasteiger partial charge in [-0.05, 0) is 25.8 Å². The van der Waals surface area contributed by atoms with Crippen LogP contribution in [0, 0.1) is 22.5 Å². The molecule has 0 saturated heterocycles. The number of aliphatic hydroxyl groups excluding tert-OH is 1. The quantitative estimate of drug-likeness (QED) is 0.541. The summed E-state index contributed by atoms with van der Waals surface area (Å²) < 4.78 is 0. The molecule has 7 nitrogen and oxygen atoms in total. The second-order valence-electron chi connectivity index (χ2n) is 5.24. The number of aliphatic hydroxyl groups is 1. The maximum atomic E-state index is 11.0. The van der Waals surface area contributed by atoms with Gasteiger partial charge in [0.15, 0.2) is 0 Å². The van der Waals surface area contributed by atoms with Gasteiger partial charge in [-0.2, -0.15) is 0 Å². The van der Waals surface area contributed by atoms with Gasteiger partial charge in [-0.1, -0.05) is 0 Å². The van der Waals surface area contributed by atoms with E-state index in [1.54, 1.807) is 6.92 Å². The van der Waals surface area contributed by atoms with E-state index in [0.717, 1.165) is 18.9 Å². The van der Waals surface area contributed by atoms with Crippen molar-refractivity contribution in [1.29, 1.82) is 0 Å². The lowest BCUT2D eigenvalue weighted by Gasteiger charge is -2.16. The zero-order chi connectivity index (χ0) is 14.9. The Morgan fingerprint density at radius 3 is 2.60 bits per heavy atom. The minimum Gasteiger partial charge on any atom is -0.478 e. The van der Waals surface area contributed by atoms with Crippen LogP contribution in [0.25, 0.3) is 0 Å². The SMILES string of the molecule is Cc1c(NCC2(CO)CC2)cc(C(=O)O)cc1[N+](=O)[O-]. The van der Waals surface area contributed by atoms with E-state index in [1.165, 1.54) is 6.07 Å². The molecule has 1 aromatic rings. The summed E-state index contributed by atoms with van der Waals surface area (Å²) in [6.45, 7) is 2.11. The highest BCUT2D eigenvalue weighted by Gasteiger charge is 2.41. The first-order chi connectivity index (χ1) is 9.38. The van der Waals surface area contributed by atoms with Gasteiger partial charge in [-0.25, -0.2) is 4.79 Å². The third-order valence-electron chi connectivity index (χ3n) is 3.77. The highest BCUT2D eigenvalue weighted by Crippen LogP contribution is 2.45. The molecule has 1 aliphatic carbocycles. The number of carboxylic acids is 1. The Hall–Kier alpha value is -2.15. The predicted octanol–water partition coefficient (Wildman–Crippen LogP) is 1.79. The summed E-state index contributed by atoms with van der Waals surface area (Å²) in [7, 11) is 0. The van der Waals surface area contributed by atoms with Crippen molar-refractivity contribution in [2.45, 2.75) is 19.8 Å². The van der Waals surface area contributed by atoms with Crippen molar-refractivity contribution in [3.63, 3.8) is 0 Å². The number of rotatable bonds is 6. The summed E-state index contributed by atoms with van der Waals surface area (Å²) in [4.78, 5) is 21.4.